The zero-order valence-corrected chi connectivity index (χ0v) is 12.0. The summed E-state index contributed by atoms with van der Waals surface area (Å²) in [6, 6.07) is 4.70. The lowest BCUT2D eigenvalue weighted by atomic mass is 10.2. The molecule has 0 bridgehead atoms. The average molecular weight is 278 g/mol. The van der Waals surface area contributed by atoms with Crippen LogP contribution in [0.1, 0.15) is 24.1 Å². The number of hydrogen-bond donors (Lipinski definition) is 1. The molecule has 2 aromatic rings. The van der Waals surface area contributed by atoms with E-state index in [0.717, 1.165) is 17.9 Å². The SMILES string of the molecule is CCNCc1cc(F)cc(OCc2nnc(C)n2C)c1. The molecule has 0 atom stereocenters. The first-order valence-corrected chi connectivity index (χ1v) is 6.58. The smallest absolute Gasteiger partial charge is 0.170 e. The Morgan fingerprint density at radius 1 is 1.30 bits per heavy atom. The van der Waals surface area contributed by atoms with Crippen LogP contribution in [0.25, 0.3) is 0 Å². The molecular weight excluding hydrogens is 259 g/mol. The van der Waals surface area contributed by atoms with E-state index in [1.165, 1.54) is 12.1 Å². The molecule has 108 valence electrons. The minimum atomic E-state index is -0.301. The molecule has 0 saturated carbocycles. The van der Waals surface area contributed by atoms with Crippen molar-refractivity contribution >= 4 is 0 Å². The Labute approximate surface area is 117 Å². The predicted molar refractivity (Wildman–Crippen MR) is 73.9 cm³/mol. The van der Waals surface area contributed by atoms with Crippen molar-refractivity contribution in [1.29, 1.82) is 0 Å². The van der Waals surface area contributed by atoms with Crippen molar-refractivity contribution < 1.29 is 9.13 Å². The fraction of sp³-hybridized carbons (Fsp3) is 0.429. The van der Waals surface area contributed by atoms with E-state index in [2.05, 4.69) is 15.5 Å². The summed E-state index contributed by atoms with van der Waals surface area (Å²) < 4.78 is 21.0. The molecule has 1 aromatic carbocycles. The minimum Gasteiger partial charge on any atom is -0.485 e. The van der Waals surface area contributed by atoms with Gasteiger partial charge in [0.25, 0.3) is 0 Å². The van der Waals surface area contributed by atoms with Crippen molar-refractivity contribution in [2.24, 2.45) is 7.05 Å². The first-order chi connectivity index (χ1) is 9.60. The first-order valence-electron chi connectivity index (χ1n) is 6.58. The Hall–Kier alpha value is -1.95. The van der Waals surface area contributed by atoms with E-state index in [1.807, 2.05) is 31.5 Å². The highest BCUT2D eigenvalue weighted by atomic mass is 19.1. The van der Waals surface area contributed by atoms with Gasteiger partial charge in [-0.05, 0) is 31.2 Å². The maximum Gasteiger partial charge on any atom is 0.170 e. The lowest BCUT2D eigenvalue weighted by molar-refractivity contribution is 0.289. The Morgan fingerprint density at radius 2 is 2.10 bits per heavy atom. The second-order valence-electron chi connectivity index (χ2n) is 4.59. The van der Waals surface area contributed by atoms with Crippen molar-refractivity contribution in [1.82, 2.24) is 20.1 Å². The number of ether oxygens (including phenoxy) is 1. The molecule has 0 aliphatic rings. The fourth-order valence-corrected chi connectivity index (χ4v) is 1.80. The van der Waals surface area contributed by atoms with Crippen LogP contribution >= 0.6 is 0 Å². The van der Waals surface area contributed by atoms with Crippen LogP contribution in [0.5, 0.6) is 5.75 Å². The molecule has 0 aliphatic heterocycles. The summed E-state index contributed by atoms with van der Waals surface area (Å²) in [5.41, 5.74) is 0.857. The van der Waals surface area contributed by atoms with Crippen LogP contribution < -0.4 is 10.1 Å². The quantitative estimate of drug-likeness (QED) is 0.877. The number of nitrogens with zero attached hydrogens (tertiary/aromatic N) is 3. The molecule has 0 fully saturated rings. The van der Waals surface area contributed by atoms with Gasteiger partial charge in [0.15, 0.2) is 5.82 Å². The highest BCUT2D eigenvalue weighted by molar-refractivity contribution is 5.29. The highest BCUT2D eigenvalue weighted by Crippen LogP contribution is 2.17. The third-order valence-electron chi connectivity index (χ3n) is 3.06. The average Bonchev–Trinajstić information content (AvgIpc) is 2.74. The second-order valence-corrected chi connectivity index (χ2v) is 4.59. The summed E-state index contributed by atoms with van der Waals surface area (Å²) in [5, 5.41) is 11.1. The van der Waals surface area contributed by atoms with Crippen LogP contribution in [0.2, 0.25) is 0 Å². The molecule has 1 N–H and O–H groups in total. The van der Waals surface area contributed by atoms with Crippen molar-refractivity contribution in [3.8, 4) is 5.75 Å². The molecule has 0 amide bonds. The van der Waals surface area contributed by atoms with Gasteiger partial charge < -0.3 is 14.6 Å². The van der Waals surface area contributed by atoms with Crippen molar-refractivity contribution in [3.05, 3.63) is 41.2 Å². The van der Waals surface area contributed by atoms with Crippen LogP contribution in [0.3, 0.4) is 0 Å². The molecule has 0 unspecified atom stereocenters. The molecule has 0 spiro atoms. The van der Waals surface area contributed by atoms with Gasteiger partial charge in [0.05, 0.1) is 0 Å². The third kappa shape index (κ3) is 3.54. The normalized spacial score (nSPS) is 10.8. The number of rotatable bonds is 6. The lowest BCUT2D eigenvalue weighted by Gasteiger charge is -2.09. The Kier molecular flexibility index (Phi) is 4.68. The van der Waals surface area contributed by atoms with Gasteiger partial charge in [0.2, 0.25) is 0 Å². The number of nitrogens with one attached hydrogen (secondary N) is 1. The third-order valence-corrected chi connectivity index (χ3v) is 3.06. The molecule has 5 nitrogen and oxygen atoms in total. The highest BCUT2D eigenvalue weighted by Gasteiger charge is 2.07. The zero-order chi connectivity index (χ0) is 14.5. The Bertz CT molecular complexity index is 583. The van der Waals surface area contributed by atoms with Crippen molar-refractivity contribution in [3.63, 3.8) is 0 Å². The maximum absolute atomic E-state index is 13.5. The van der Waals surface area contributed by atoms with E-state index < -0.39 is 0 Å². The molecule has 0 saturated heterocycles. The van der Waals surface area contributed by atoms with E-state index in [9.17, 15) is 4.39 Å². The molecule has 0 aliphatic carbocycles. The fourth-order valence-electron chi connectivity index (χ4n) is 1.80. The van der Waals surface area contributed by atoms with Gasteiger partial charge in [-0.25, -0.2) is 4.39 Å². The lowest BCUT2D eigenvalue weighted by Crippen LogP contribution is -2.12. The van der Waals surface area contributed by atoms with E-state index in [0.29, 0.717) is 18.1 Å². The molecule has 2 rings (SSSR count). The molecular formula is C14H19FN4O. The Morgan fingerprint density at radius 3 is 2.75 bits per heavy atom. The first kappa shape index (κ1) is 14.5. The van der Waals surface area contributed by atoms with Gasteiger partial charge >= 0.3 is 0 Å². The topological polar surface area (TPSA) is 52.0 Å². The van der Waals surface area contributed by atoms with E-state index in [4.69, 9.17) is 4.74 Å². The Balaban J connectivity index is 2.05. The number of benzene rings is 1. The minimum absolute atomic E-state index is 0.265. The van der Waals surface area contributed by atoms with Gasteiger partial charge in [-0.2, -0.15) is 0 Å². The summed E-state index contributed by atoms with van der Waals surface area (Å²) in [7, 11) is 1.87. The van der Waals surface area contributed by atoms with E-state index in [1.54, 1.807) is 0 Å². The van der Waals surface area contributed by atoms with Gasteiger partial charge in [-0.3, -0.25) is 0 Å². The van der Waals surface area contributed by atoms with Crippen LogP contribution in [-0.2, 0) is 20.2 Å². The summed E-state index contributed by atoms with van der Waals surface area (Å²) in [6.07, 6.45) is 0. The number of halogens is 1. The molecule has 0 radical (unpaired) electrons. The van der Waals surface area contributed by atoms with Gasteiger partial charge in [0.1, 0.15) is 24.0 Å². The second kappa shape index (κ2) is 6.47. The number of hydrogen-bond acceptors (Lipinski definition) is 4. The van der Waals surface area contributed by atoms with Crippen LogP contribution in [0.15, 0.2) is 18.2 Å². The van der Waals surface area contributed by atoms with Crippen LogP contribution in [-0.4, -0.2) is 21.3 Å². The maximum atomic E-state index is 13.5. The van der Waals surface area contributed by atoms with Crippen LogP contribution in [0, 0.1) is 12.7 Å². The zero-order valence-electron chi connectivity index (χ0n) is 12.0. The van der Waals surface area contributed by atoms with Crippen LogP contribution in [0.4, 0.5) is 4.39 Å². The monoisotopic (exact) mass is 278 g/mol. The largest absolute Gasteiger partial charge is 0.485 e. The van der Waals surface area contributed by atoms with Gasteiger partial charge in [0, 0.05) is 19.7 Å². The summed E-state index contributed by atoms with van der Waals surface area (Å²) in [5.74, 6) is 1.72. The van der Waals surface area contributed by atoms with E-state index >= 15 is 0 Å². The molecule has 20 heavy (non-hydrogen) atoms. The van der Waals surface area contributed by atoms with E-state index in [-0.39, 0.29) is 12.4 Å². The summed E-state index contributed by atoms with van der Waals surface area (Å²) in [4.78, 5) is 0. The van der Waals surface area contributed by atoms with Crippen molar-refractivity contribution in [2.75, 3.05) is 6.54 Å². The molecule has 1 aromatic heterocycles. The number of aryl methyl sites for hydroxylation is 1. The summed E-state index contributed by atoms with van der Waals surface area (Å²) in [6.45, 7) is 5.60. The van der Waals surface area contributed by atoms with Gasteiger partial charge in [-0.15, -0.1) is 10.2 Å². The number of aromatic nitrogens is 3. The summed E-state index contributed by atoms with van der Waals surface area (Å²) >= 11 is 0. The standard InChI is InChI=1S/C14H19FN4O/c1-4-16-8-11-5-12(15)7-13(6-11)20-9-14-18-17-10(2)19(14)3/h5-7,16H,4,8-9H2,1-3H3. The molecule has 1 heterocycles. The van der Waals surface area contributed by atoms with Gasteiger partial charge in [-0.1, -0.05) is 6.92 Å². The van der Waals surface area contributed by atoms with Crippen molar-refractivity contribution in [2.45, 2.75) is 27.0 Å². The predicted octanol–water partition coefficient (Wildman–Crippen LogP) is 1.95. The molecule has 6 heteroatoms.